The van der Waals surface area contributed by atoms with Crippen LogP contribution in [0.25, 0.3) is 17.0 Å². The molecule has 0 radical (unpaired) electrons. The van der Waals surface area contributed by atoms with Crippen molar-refractivity contribution in [1.82, 2.24) is 5.32 Å². The van der Waals surface area contributed by atoms with E-state index in [-0.39, 0.29) is 0 Å². The summed E-state index contributed by atoms with van der Waals surface area (Å²) in [5.41, 5.74) is 3.40. The molecule has 0 fully saturated rings. The highest BCUT2D eigenvalue weighted by atomic mass is 16.3. The molecule has 0 amide bonds. The lowest BCUT2D eigenvalue weighted by Crippen LogP contribution is -2.12. The lowest BCUT2D eigenvalue weighted by Gasteiger charge is -2.03. The summed E-state index contributed by atoms with van der Waals surface area (Å²) in [6, 6.07) is 18.5. The van der Waals surface area contributed by atoms with Crippen LogP contribution in [-0.4, -0.2) is 6.54 Å². The summed E-state index contributed by atoms with van der Waals surface area (Å²) < 4.78 is 5.52. The first-order valence-electron chi connectivity index (χ1n) is 6.81. The Morgan fingerprint density at radius 1 is 0.950 bits per heavy atom. The highest BCUT2D eigenvalue weighted by Gasteiger charge is 2.02. The highest BCUT2D eigenvalue weighted by molar-refractivity contribution is 5.80. The molecule has 0 atom stereocenters. The maximum absolute atomic E-state index is 5.52. The number of rotatable bonds is 5. The Labute approximate surface area is 118 Å². The van der Waals surface area contributed by atoms with E-state index >= 15 is 0 Å². The number of para-hydroxylation sites is 1. The van der Waals surface area contributed by atoms with Crippen LogP contribution in [0, 0.1) is 0 Å². The van der Waals surface area contributed by atoms with Gasteiger partial charge < -0.3 is 9.73 Å². The monoisotopic (exact) mass is 263 g/mol. The van der Waals surface area contributed by atoms with Gasteiger partial charge in [-0.05, 0) is 11.6 Å². The van der Waals surface area contributed by atoms with Crippen molar-refractivity contribution in [2.24, 2.45) is 0 Å². The zero-order valence-corrected chi connectivity index (χ0v) is 11.3. The molecule has 0 aliphatic carbocycles. The number of nitrogens with one attached hydrogen (secondary N) is 1. The molecule has 20 heavy (non-hydrogen) atoms. The average Bonchev–Trinajstić information content (AvgIpc) is 2.97. The van der Waals surface area contributed by atoms with Crippen molar-refractivity contribution in [2.75, 3.05) is 6.54 Å². The predicted molar refractivity (Wildman–Crippen MR) is 83.4 cm³/mol. The first kappa shape index (κ1) is 12.7. The highest BCUT2D eigenvalue weighted by Crippen LogP contribution is 2.19. The largest absolute Gasteiger partial charge is 0.464 e. The maximum atomic E-state index is 5.52. The minimum absolute atomic E-state index is 0.810. The Morgan fingerprint density at radius 2 is 1.85 bits per heavy atom. The van der Waals surface area contributed by atoms with Crippen LogP contribution in [0.15, 0.2) is 71.4 Å². The molecule has 0 spiro atoms. The van der Waals surface area contributed by atoms with Gasteiger partial charge in [-0.15, -0.1) is 0 Å². The van der Waals surface area contributed by atoms with Crippen LogP contribution in [-0.2, 0) is 6.54 Å². The summed E-state index contributed by atoms with van der Waals surface area (Å²) in [5, 5.41) is 4.56. The average molecular weight is 263 g/mol. The van der Waals surface area contributed by atoms with Crippen molar-refractivity contribution in [3.63, 3.8) is 0 Å². The fourth-order valence-corrected chi connectivity index (χ4v) is 2.24. The zero-order valence-electron chi connectivity index (χ0n) is 11.3. The Bertz CT molecular complexity index is 698. The molecular weight excluding hydrogens is 246 g/mol. The molecule has 1 heterocycles. The Morgan fingerprint density at radius 3 is 2.75 bits per heavy atom. The quantitative estimate of drug-likeness (QED) is 0.697. The number of hydrogen-bond acceptors (Lipinski definition) is 2. The number of benzene rings is 2. The molecular formula is C18H17NO. The van der Waals surface area contributed by atoms with Crippen molar-refractivity contribution in [1.29, 1.82) is 0 Å². The van der Waals surface area contributed by atoms with Crippen molar-refractivity contribution < 1.29 is 4.42 Å². The lowest BCUT2D eigenvalue weighted by molar-refractivity contribution is 0.606. The van der Waals surface area contributed by atoms with Gasteiger partial charge in [0.1, 0.15) is 5.58 Å². The third kappa shape index (κ3) is 2.98. The molecule has 0 saturated heterocycles. The summed E-state index contributed by atoms with van der Waals surface area (Å²) in [4.78, 5) is 0. The Kier molecular flexibility index (Phi) is 3.95. The van der Waals surface area contributed by atoms with Gasteiger partial charge in [0.25, 0.3) is 0 Å². The Balaban J connectivity index is 1.55. The second-order valence-electron chi connectivity index (χ2n) is 4.70. The van der Waals surface area contributed by atoms with E-state index in [1.54, 1.807) is 6.26 Å². The van der Waals surface area contributed by atoms with Crippen molar-refractivity contribution in [3.05, 3.63) is 78.1 Å². The summed E-state index contributed by atoms with van der Waals surface area (Å²) in [6.45, 7) is 1.65. The molecule has 0 aliphatic heterocycles. The van der Waals surface area contributed by atoms with Crippen molar-refractivity contribution in [2.45, 2.75) is 6.54 Å². The van der Waals surface area contributed by atoms with E-state index in [4.69, 9.17) is 4.42 Å². The summed E-state index contributed by atoms with van der Waals surface area (Å²) in [5.74, 6) is 0. The van der Waals surface area contributed by atoms with Gasteiger partial charge in [0.15, 0.2) is 0 Å². The Hall–Kier alpha value is -2.32. The molecule has 0 aliphatic rings. The van der Waals surface area contributed by atoms with E-state index < -0.39 is 0 Å². The summed E-state index contributed by atoms with van der Waals surface area (Å²) in [6.07, 6.45) is 6.00. The third-order valence-corrected chi connectivity index (χ3v) is 3.25. The van der Waals surface area contributed by atoms with E-state index in [0.29, 0.717) is 0 Å². The summed E-state index contributed by atoms with van der Waals surface area (Å²) in [7, 11) is 0. The molecule has 3 rings (SSSR count). The second-order valence-corrected chi connectivity index (χ2v) is 4.70. The zero-order chi connectivity index (χ0) is 13.6. The molecule has 0 bridgehead atoms. The molecule has 100 valence electrons. The van der Waals surface area contributed by atoms with Gasteiger partial charge >= 0.3 is 0 Å². The van der Waals surface area contributed by atoms with Crippen LogP contribution in [0.5, 0.6) is 0 Å². The molecule has 2 aromatic carbocycles. The first-order chi connectivity index (χ1) is 9.93. The molecule has 2 heteroatoms. The van der Waals surface area contributed by atoms with Gasteiger partial charge in [-0.2, -0.15) is 0 Å². The maximum Gasteiger partial charge on any atom is 0.138 e. The number of hydrogen-bond donors (Lipinski definition) is 1. The van der Waals surface area contributed by atoms with Gasteiger partial charge in [0.05, 0.1) is 6.26 Å². The van der Waals surface area contributed by atoms with Gasteiger partial charge in [-0.3, -0.25) is 0 Å². The predicted octanol–water partition coefficient (Wildman–Crippen LogP) is 4.24. The van der Waals surface area contributed by atoms with Crippen LogP contribution in [0.4, 0.5) is 0 Å². The minimum atomic E-state index is 0.810. The van der Waals surface area contributed by atoms with Crippen molar-refractivity contribution >= 4 is 17.0 Å². The first-order valence-corrected chi connectivity index (χ1v) is 6.81. The van der Waals surface area contributed by atoms with Gasteiger partial charge in [0, 0.05) is 24.0 Å². The smallest absolute Gasteiger partial charge is 0.138 e. The molecule has 1 N–H and O–H groups in total. The van der Waals surface area contributed by atoms with E-state index in [9.17, 15) is 0 Å². The van der Waals surface area contributed by atoms with Crippen molar-refractivity contribution in [3.8, 4) is 0 Å². The van der Waals surface area contributed by atoms with Crippen LogP contribution in [0.3, 0.4) is 0 Å². The molecule has 0 saturated carbocycles. The molecule has 0 unspecified atom stereocenters. The number of furan rings is 1. The second kappa shape index (κ2) is 6.22. The van der Waals surface area contributed by atoms with E-state index in [0.717, 1.165) is 24.1 Å². The van der Waals surface area contributed by atoms with E-state index in [1.165, 1.54) is 11.1 Å². The summed E-state index contributed by atoms with van der Waals surface area (Å²) >= 11 is 0. The van der Waals surface area contributed by atoms with Gasteiger partial charge in [-0.1, -0.05) is 60.7 Å². The van der Waals surface area contributed by atoms with Crippen LogP contribution < -0.4 is 5.32 Å². The lowest BCUT2D eigenvalue weighted by atomic mass is 10.1. The van der Waals surface area contributed by atoms with E-state index in [1.807, 2.05) is 24.3 Å². The van der Waals surface area contributed by atoms with Crippen LogP contribution >= 0.6 is 0 Å². The normalized spacial score (nSPS) is 11.4. The van der Waals surface area contributed by atoms with Gasteiger partial charge in [0.2, 0.25) is 0 Å². The fraction of sp³-hybridized carbons (Fsp3) is 0.111. The van der Waals surface area contributed by atoms with Crippen LogP contribution in [0.1, 0.15) is 11.1 Å². The minimum Gasteiger partial charge on any atom is -0.464 e. The topological polar surface area (TPSA) is 25.2 Å². The van der Waals surface area contributed by atoms with E-state index in [2.05, 4.69) is 47.8 Å². The standard InChI is InChI=1S/C18H17NO/c1-2-6-15(7-3-1)8-5-12-19-14-17-10-4-9-16-11-13-20-18(16)17/h1-11,13,19H,12,14H2/b8-5+. The number of fused-ring (bicyclic) bond motifs is 1. The SMILES string of the molecule is C(=C\c1ccccc1)/CNCc1cccc2ccoc12. The molecule has 1 aromatic heterocycles. The van der Waals surface area contributed by atoms with Crippen LogP contribution in [0.2, 0.25) is 0 Å². The molecule has 3 aromatic rings. The third-order valence-electron chi connectivity index (χ3n) is 3.25. The van der Waals surface area contributed by atoms with Gasteiger partial charge in [-0.25, -0.2) is 0 Å². The fourth-order valence-electron chi connectivity index (χ4n) is 2.24. The molecule has 2 nitrogen and oxygen atoms in total.